The number of ether oxygens (including phenoxy) is 1. The number of hydrogen-bond acceptors (Lipinski definition) is 12. The number of aromatic hydroxyl groups is 1. The van der Waals surface area contributed by atoms with Crippen LogP contribution >= 0.6 is 0 Å². The third-order valence-corrected chi connectivity index (χ3v) is 11.8. The second kappa shape index (κ2) is 14.3. The number of rotatable bonds is 7. The molecular formula is C39H44N8O7. The number of hydrogen-bond donors (Lipinski definition) is 3. The van der Waals surface area contributed by atoms with Gasteiger partial charge in [0, 0.05) is 57.7 Å². The lowest BCUT2D eigenvalue weighted by atomic mass is 9.88. The quantitative estimate of drug-likeness (QED) is 0.301. The maximum absolute atomic E-state index is 13.6. The molecule has 4 N–H and O–H groups in total. The van der Waals surface area contributed by atoms with Crippen molar-refractivity contribution in [1.29, 1.82) is 0 Å². The molecular weight excluding hydrogens is 692 g/mol. The van der Waals surface area contributed by atoms with Gasteiger partial charge in [-0.3, -0.25) is 34.2 Å². The van der Waals surface area contributed by atoms with E-state index < -0.39 is 35.3 Å². The van der Waals surface area contributed by atoms with Crippen molar-refractivity contribution >= 4 is 46.7 Å². The topological polar surface area (TPSA) is 192 Å². The minimum atomic E-state index is -1.00. The first kappa shape index (κ1) is 35.5. The summed E-state index contributed by atoms with van der Waals surface area (Å²) in [5.74, 6) is -1.11. The smallest absolute Gasteiger partial charge is 0.264 e. The molecule has 1 atom stereocenters. The minimum absolute atomic E-state index is 0.0727. The van der Waals surface area contributed by atoms with Crippen LogP contribution in [-0.2, 0) is 19.1 Å². The number of aromatic nitrogens is 2. The van der Waals surface area contributed by atoms with Gasteiger partial charge >= 0.3 is 0 Å². The number of phenolic OH excluding ortho intramolecular Hbond substituents is 1. The van der Waals surface area contributed by atoms with Crippen LogP contribution in [0.25, 0.3) is 11.3 Å². The highest BCUT2D eigenvalue weighted by atomic mass is 16.5. The Labute approximate surface area is 312 Å². The molecule has 6 heterocycles. The molecule has 15 nitrogen and oxygen atoms in total. The number of fused-ring (bicyclic) bond motifs is 1. The number of nitrogens with one attached hydrogen (secondary N) is 1. The third kappa shape index (κ3) is 6.61. The van der Waals surface area contributed by atoms with Gasteiger partial charge in [0.15, 0.2) is 5.82 Å². The van der Waals surface area contributed by atoms with Crippen LogP contribution in [0.1, 0.15) is 72.1 Å². The normalized spacial score (nSPS) is 21.8. The van der Waals surface area contributed by atoms with E-state index in [2.05, 4.69) is 25.3 Å². The number of benzene rings is 2. The molecule has 0 bridgehead atoms. The summed E-state index contributed by atoms with van der Waals surface area (Å²) in [6.45, 7) is 4.31. The fourth-order valence-electron chi connectivity index (χ4n) is 8.69. The van der Waals surface area contributed by atoms with Gasteiger partial charge in [-0.25, -0.2) is 0 Å². The predicted octanol–water partition coefficient (Wildman–Crippen LogP) is 2.73. The second-order valence-electron chi connectivity index (χ2n) is 15.0. The van der Waals surface area contributed by atoms with Crippen molar-refractivity contribution in [2.45, 2.75) is 63.0 Å². The molecule has 15 heteroatoms. The van der Waals surface area contributed by atoms with Crippen LogP contribution < -0.4 is 20.9 Å². The molecule has 0 radical (unpaired) electrons. The Kier molecular flexibility index (Phi) is 9.42. The molecule has 1 aromatic heterocycles. The highest BCUT2D eigenvalue weighted by molar-refractivity contribution is 6.25. The summed E-state index contributed by atoms with van der Waals surface area (Å²) in [6.07, 6.45) is 4.56. The van der Waals surface area contributed by atoms with E-state index in [4.69, 9.17) is 10.5 Å². The molecule has 1 unspecified atom stereocenters. The van der Waals surface area contributed by atoms with Gasteiger partial charge in [-0.05, 0) is 74.8 Å². The number of morpholine rings is 1. The number of carbonyl (C=O) groups excluding carboxylic acids is 5. The van der Waals surface area contributed by atoms with Crippen LogP contribution in [0.5, 0.6) is 5.75 Å². The molecule has 54 heavy (non-hydrogen) atoms. The Morgan fingerprint density at radius 2 is 1.63 bits per heavy atom. The van der Waals surface area contributed by atoms with E-state index >= 15 is 0 Å². The lowest BCUT2D eigenvalue weighted by molar-refractivity contribution is -0.154. The van der Waals surface area contributed by atoms with Gasteiger partial charge in [0.1, 0.15) is 11.8 Å². The Morgan fingerprint density at radius 1 is 0.889 bits per heavy atom. The first-order valence-electron chi connectivity index (χ1n) is 18.8. The first-order valence-corrected chi connectivity index (χ1v) is 18.8. The second-order valence-corrected chi connectivity index (χ2v) is 15.0. The molecule has 2 aromatic carbocycles. The molecule has 5 amide bonds. The van der Waals surface area contributed by atoms with Gasteiger partial charge in [0.05, 0.1) is 40.4 Å². The monoisotopic (exact) mass is 736 g/mol. The number of nitrogen functional groups attached to an aromatic ring is 1. The fourth-order valence-corrected chi connectivity index (χ4v) is 8.69. The lowest BCUT2D eigenvalue weighted by Gasteiger charge is -2.48. The van der Waals surface area contributed by atoms with Crippen LogP contribution in [0.15, 0.2) is 48.5 Å². The van der Waals surface area contributed by atoms with Gasteiger partial charge in [0.25, 0.3) is 11.8 Å². The van der Waals surface area contributed by atoms with Crippen molar-refractivity contribution in [3.8, 4) is 17.0 Å². The highest BCUT2D eigenvalue weighted by Gasteiger charge is 2.46. The maximum Gasteiger partial charge on any atom is 0.264 e. The minimum Gasteiger partial charge on any atom is -0.507 e. The van der Waals surface area contributed by atoms with Gasteiger partial charge in [-0.2, -0.15) is 0 Å². The zero-order chi connectivity index (χ0) is 37.6. The zero-order valence-electron chi connectivity index (χ0n) is 30.0. The van der Waals surface area contributed by atoms with Gasteiger partial charge < -0.3 is 30.3 Å². The molecule has 4 saturated heterocycles. The van der Waals surface area contributed by atoms with E-state index in [9.17, 15) is 29.1 Å². The van der Waals surface area contributed by atoms with Gasteiger partial charge in [-0.15, -0.1) is 10.2 Å². The molecule has 5 aliphatic heterocycles. The number of imide groups is 2. The van der Waals surface area contributed by atoms with E-state index in [1.807, 2.05) is 23.1 Å². The van der Waals surface area contributed by atoms with Crippen molar-refractivity contribution in [1.82, 2.24) is 25.3 Å². The number of amides is 5. The number of nitrogens with two attached hydrogens (primary N) is 1. The number of para-hydroxylation sites is 1. The summed E-state index contributed by atoms with van der Waals surface area (Å²) in [7, 11) is 0. The van der Waals surface area contributed by atoms with Crippen molar-refractivity contribution < 1.29 is 33.8 Å². The Morgan fingerprint density at radius 3 is 2.39 bits per heavy atom. The number of phenols is 1. The summed E-state index contributed by atoms with van der Waals surface area (Å²) in [6, 6.07) is 13.1. The predicted molar refractivity (Wildman–Crippen MR) is 198 cm³/mol. The third-order valence-electron chi connectivity index (χ3n) is 11.8. The van der Waals surface area contributed by atoms with E-state index in [0.29, 0.717) is 86.5 Å². The average Bonchev–Trinajstić information content (AvgIpc) is 3.44. The van der Waals surface area contributed by atoms with E-state index in [-0.39, 0.29) is 30.1 Å². The van der Waals surface area contributed by atoms with Crippen molar-refractivity contribution in [3.05, 3.63) is 59.7 Å². The SMILES string of the molecule is Nc1nnc(-c2ccccc2O)cc1N1CCC2(CC1)CN(C(=O)CCC1CCN(c3cccc4c3C(=O)N(C3CCC(=O)NC3=O)C4=O)CC1)CCO2. The number of nitrogens with zero attached hydrogens (tertiary/aromatic N) is 6. The molecule has 282 valence electrons. The summed E-state index contributed by atoms with van der Waals surface area (Å²) in [5, 5.41) is 21.0. The number of anilines is 3. The first-order chi connectivity index (χ1) is 26.1. The Bertz CT molecular complexity index is 2010. The maximum atomic E-state index is 13.6. The summed E-state index contributed by atoms with van der Waals surface area (Å²) < 4.78 is 6.36. The van der Waals surface area contributed by atoms with Crippen molar-refractivity contribution in [2.24, 2.45) is 5.92 Å². The Balaban J connectivity index is 0.836. The standard InChI is InChI=1S/C39H44N8O7/c40-35-30(22-27(42-43-35)25-4-1-2-7-31(25)48)45-18-14-39(15-19-45)23-46(20-21-54-39)33(50)11-8-24-12-16-44(17-13-24)28-6-3-5-26-34(28)38(53)47(37(26)52)29-9-10-32(49)41-36(29)51/h1-7,22,24,29,48H,8-21,23H2,(H2,40,43)(H,41,49,51). The lowest BCUT2D eigenvalue weighted by Crippen LogP contribution is -2.58. The van der Waals surface area contributed by atoms with Crippen LogP contribution in [0.3, 0.4) is 0 Å². The van der Waals surface area contributed by atoms with Crippen LogP contribution in [0.4, 0.5) is 17.2 Å². The van der Waals surface area contributed by atoms with Gasteiger partial charge in [-0.1, -0.05) is 18.2 Å². The van der Waals surface area contributed by atoms with Crippen LogP contribution in [-0.4, -0.2) is 112 Å². The molecule has 8 rings (SSSR count). The van der Waals surface area contributed by atoms with E-state index in [1.165, 1.54) is 0 Å². The molecule has 5 aliphatic rings. The van der Waals surface area contributed by atoms with Gasteiger partial charge in [0.2, 0.25) is 17.7 Å². The fraction of sp³-hybridized carbons (Fsp3) is 0.462. The number of piperidine rings is 3. The van der Waals surface area contributed by atoms with Crippen molar-refractivity contribution in [2.75, 3.05) is 61.4 Å². The Hall–Kier alpha value is -5.57. The van der Waals surface area contributed by atoms with E-state index in [0.717, 1.165) is 42.7 Å². The van der Waals surface area contributed by atoms with Crippen LogP contribution in [0.2, 0.25) is 0 Å². The highest BCUT2D eigenvalue weighted by Crippen LogP contribution is 2.38. The average molecular weight is 737 g/mol. The number of carbonyl (C=O) groups is 5. The molecule has 4 fully saturated rings. The molecule has 0 saturated carbocycles. The molecule has 0 aliphatic carbocycles. The van der Waals surface area contributed by atoms with Crippen molar-refractivity contribution in [3.63, 3.8) is 0 Å². The zero-order valence-corrected chi connectivity index (χ0v) is 30.0. The summed E-state index contributed by atoms with van der Waals surface area (Å²) in [5.41, 5.74) is 9.00. The largest absolute Gasteiger partial charge is 0.507 e. The summed E-state index contributed by atoms with van der Waals surface area (Å²) >= 11 is 0. The molecule has 3 aromatic rings. The molecule has 1 spiro atoms. The summed E-state index contributed by atoms with van der Waals surface area (Å²) in [4.78, 5) is 71.9. The van der Waals surface area contributed by atoms with Crippen LogP contribution in [0, 0.1) is 5.92 Å². The van der Waals surface area contributed by atoms with E-state index in [1.54, 1.807) is 30.3 Å².